The Bertz CT molecular complexity index is 868. The number of aryl methyl sites for hydroxylation is 1. The molecule has 1 aromatic rings. The van der Waals surface area contributed by atoms with Crippen molar-refractivity contribution in [2.75, 3.05) is 6.54 Å². The molecular formula is C17H29N5O5Si. The number of rotatable bonds is 6. The van der Waals surface area contributed by atoms with Crippen LogP contribution in [0.2, 0.25) is 18.1 Å². The molecule has 0 aromatic carbocycles. The summed E-state index contributed by atoms with van der Waals surface area (Å²) in [6, 6.07) is 0. The quantitative estimate of drug-likeness (QED) is 0.319. The molecule has 0 spiro atoms. The van der Waals surface area contributed by atoms with E-state index in [0.29, 0.717) is 12.0 Å². The molecule has 2 heterocycles. The number of hydrogen-bond donors (Lipinski definition) is 2. The average molecular weight is 412 g/mol. The fourth-order valence-electron chi connectivity index (χ4n) is 2.87. The van der Waals surface area contributed by atoms with Gasteiger partial charge in [0.2, 0.25) is 0 Å². The molecule has 0 unspecified atom stereocenters. The van der Waals surface area contributed by atoms with Crippen molar-refractivity contribution in [2.24, 2.45) is 5.11 Å². The Hall–Kier alpha value is -1.91. The molecule has 0 aliphatic carbocycles. The molecule has 1 saturated heterocycles. The highest BCUT2D eigenvalue weighted by Crippen LogP contribution is 2.41. The summed E-state index contributed by atoms with van der Waals surface area (Å²) in [6.45, 7) is 11.9. The monoisotopic (exact) mass is 411 g/mol. The summed E-state index contributed by atoms with van der Waals surface area (Å²) in [5.74, 6) is 0. The SMILES string of the molecule is Cc1cn([C@H]2C[C@H](O[Si](C)(C)C(C)(C)C)[C@@H]([C@@H](O)CN=[N+]=[N-])O2)c(=O)[nH]c1=O. The maximum Gasteiger partial charge on any atom is 0.330 e. The third-order valence-corrected chi connectivity index (χ3v) is 10.0. The molecule has 1 fully saturated rings. The second kappa shape index (κ2) is 8.22. The lowest BCUT2D eigenvalue weighted by atomic mass is 10.1. The predicted molar refractivity (Wildman–Crippen MR) is 107 cm³/mol. The van der Waals surface area contributed by atoms with Crippen molar-refractivity contribution in [3.05, 3.63) is 43.0 Å². The fourth-order valence-corrected chi connectivity index (χ4v) is 4.21. The summed E-state index contributed by atoms with van der Waals surface area (Å²) < 4.78 is 13.7. The fraction of sp³-hybridized carbons (Fsp3) is 0.765. The van der Waals surface area contributed by atoms with Crippen LogP contribution in [0.15, 0.2) is 20.9 Å². The number of aliphatic hydroxyl groups excluding tert-OH is 1. The maximum atomic E-state index is 12.2. The van der Waals surface area contributed by atoms with Crippen molar-refractivity contribution in [2.45, 2.75) is 76.8 Å². The third-order valence-electron chi connectivity index (χ3n) is 5.53. The van der Waals surface area contributed by atoms with Crippen LogP contribution in [0.5, 0.6) is 0 Å². The topological polar surface area (TPSA) is 142 Å². The van der Waals surface area contributed by atoms with Crippen LogP contribution in [0.25, 0.3) is 10.4 Å². The molecule has 0 radical (unpaired) electrons. The Labute approximate surface area is 164 Å². The summed E-state index contributed by atoms with van der Waals surface area (Å²) in [6.07, 6.45) is -1.25. The number of aromatic nitrogens is 2. The van der Waals surface area contributed by atoms with Crippen LogP contribution in [0.1, 0.15) is 39.0 Å². The lowest BCUT2D eigenvalue weighted by molar-refractivity contribution is -0.0777. The number of nitrogens with one attached hydrogen (secondary N) is 1. The first-order chi connectivity index (χ1) is 12.9. The number of aliphatic hydroxyl groups is 1. The van der Waals surface area contributed by atoms with E-state index in [-0.39, 0.29) is 11.6 Å². The van der Waals surface area contributed by atoms with E-state index in [1.807, 2.05) is 0 Å². The zero-order valence-corrected chi connectivity index (χ0v) is 18.2. The minimum Gasteiger partial charge on any atom is -0.411 e. The largest absolute Gasteiger partial charge is 0.411 e. The lowest BCUT2D eigenvalue weighted by Crippen LogP contribution is -2.48. The summed E-state index contributed by atoms with van der Waals surface area (Å²) >= 11 is 0. The van der Waals surface area contributed by atoms with Crippen LogP contribution in [0, 0.1) is 6.92 Å². The van der Waals surface area contributed by atoms with Crippen molar-refractivity contribution in [1.29, 1.82) is 0 Å². The van der Waals surface area contributed by atoms with Gasteiger partial charge in [0.05, 0.1) is 18.8 Å². The molecule has 28 heavy (non-hydrogen) atoms. The van der Waals surface area contributed by atoms with E-state index in [9.17, 15) is 14.7 Å². The second-order valence-electron chi connectivity index (χ2n) is 8.67. The average Bonchev–Trinajstić information content (AvgIpc) is 2.97. The molecule has 11 heteroatoms. The Morgan fingerprint density at radius 2 is 2.14 bits per heavy atom. The molecule has 0 saturated carbocycles. The molecule has 10 nitrogen and oxygen atoms in total. The van der Waals surface area contributed by atoms with Gasteiger partial charge < -0.3 is 14.3 Å². The highest BCUT2D eigenvalue weighted by atomic mass is 28.4. The van der Waals surface area contributed by atoms with Gasteiger partial charge in [-0.3, -0.25) is 14.3 Å². The third kappa shape index (κ3) is 4.73. The van der Waals surface area contributed by atoms with E-state index >= 15 is 0 Å². The highest BCUT2D eigenvalue weighted by Gasteiger charge is 2.47. The first kappa shape index (κ1) is 22.4. The van der Waals surface area contributed by atoms with Gasteiger partial charge in [-0.25, -0.2) is 4.79 Å². The van der Waals surface area contributed by atoms with E-state index in [1.165, 1.54) is 10.8 Å². The smallest absolute Gasteiger partial charge is 0.330 e. The standard InChI is InChI=1S/C17H29N5O5Si/c1-10-9-22(16(25)20-15(10)24)13-7-12(27-28(5,6)17(2,3)4)14(26-13)11(23)8-19-21-18/h9,11-14,23H,7-8H2,1-6H3,(H,20,24,25)/t11-,12-,13+,14+/m0/s1. The number of ether oxygens (including phenoxy) is 1. The van der Waals surface area contributed by atoms with Crippen LogP contribution < -0.4 is 11.2 Å². The van der Waals surface area contributed by atoms with Gasteiger partial charge >= 0.3 is 5.69 Å². The van der Waals surface area contributed by atoms with Gasteiger partial charge in [-0.2, -0.15) is 0 Å². The highest BCUT2D eigenvalue weighted by molar-refractivity contribution is 6.74. The molecule has 1 aliphatic heterocycles. The van der Waals surface area contributed by atoms with Gasteiger partial charge in [0, 0.05) is 23.1 Å². The minimum absolute atomic E-state index is 0.0587. The predicted octanol–water partition coefficient (Wildman–Crippen LogP) is 2.19. The Morgan fingerprint density at radius 1 is 1.50 bits per heavy atom. The van der Waals surface area contributed by atoms with E-state index in [1.54, 1.807) is 6.92 Å². The first-order valence-corrected chi connectivity index (χ1v) is 12.1. The molecule has 4 atom stereocenters. The molecule has 0 amide bonds. The molecule has 2 rings (SSSR count). The van der Waals surface area contributed by atoms with E-state index in [2.05, 4.69) is 48.9 Å². The van der Waals surface area contributed by atoms with Crippen molar-refractivity contribution in [1.82, 2.24) is 9.55 Å². The molecular weight excluding hydrogens is 382 g/mol. The van der Waals surface area contributed by atoms with E-state index in [4.69, 9.17) is 14.7 Å². The second-order valence-corrected chi connectivity index (χ2v) is 13.4. The van der Waals surface area contributed by atoms with Crippen LogP contribution in [-0.2, 0) is 9.16 Å². The first-order valence-electron chi connectivity index (χ1n) is 9.21. The summed E-state index contributed by atoms with van der Waals surface area (Å²) in [5.41, 5.74) is 7.88. The Kier molecular flexibility index (Phi) is 6.57. The van der Waals surface area contributed by atoms with Crippen molar-refractivity contribution in [3.63, 3.8) is 0 Å². The molecule has 1 aliphatic rings. The number of azide groups is 1. The molecule has 1 aromatic heterocycles. The van der Waals surface area contributed by atoms with Crippen LogP contribution in [-0.4, -0.2) is 47.8 Å². The molecule has 2 N–H and O–H groups in total. The van der Waals surface area contributed by atoms with Gasteiger partial charge in [0.1, 0.15) is 12.3 Å². The van der Waals surface area contributed by atoms with E-state index < -0.39 is 44.1 Å². The van der Waals surface area contributed by atoms with Crippen LogP contribution in [0.3, 0.4) is 0 Å². The summed E-state index contributed by atoms with van der Waals surface area (Å²) in [4.78, 5) is 28.8. The summed E-state index contributed by atoms with van der Waals surface area (Å²) in [5, 5.41) is 13.9. The minimum atomic E-state index is -2.19. The number of aromatic amines is 1. The maximum absolute atomic E-state index is 12.2. The normalized spacial score (nSPS) is 24.0. The van der Waals surface area contributed by atoms with E-state index in [0.717, 1.165) is 0 Å². The van der Waals surface area contributed by atoms with Gasteiger partial charge in [-0.05, 0) is 30.6 Å². The lowest BCUT2D eigenvalue weighted by Gasteiger charge is -2.39. The zero-order valence-electron chi connectivity index (χ0n) is 17.2. The molecule has 156 valence electrons. The number of nitrogens with zero attached hydrogens (tertiary/aromatic N) is 4. The van der Waals surface area contributed by atoms with Gasteiger partial charge in [-0.1, -0.05) is 25.9 Å². The van der Waals surface area contributed by atoms with Crippen molar-refractivity contribution >= 4 is 8.32 Å². The Balaban J connectivity index is 2.36. The van der Waals surface area contributed by atoms with Gasteiger partial charge in [-0.15, -0.1) is 0 Å². The molecule has 0 bridgehead atoms. The van der Waals surface area contributed by atoms with Crippen molar-refractivity contribution in [3.8, 4) is 0 Å². The number of hydrogen-bond acceptors (Lipinski definition) is 6. The van der Waals surface area contributed by atoms with Crippen molar-refractivity contribution < 1.29 is 14.3 Å². The van der Waals surface area contributed by atoms with Gasteiger partial charge in [0.25, 0.3) is 5.56 Å². The van der Waals surface area contributed by atoms with Crippen LogP contribution in [0.4, 0.5) is 0 Å². The number of H-pyrrole nitrogens is 1. The van der Waals surface area contributed by atoms with Crippen LogP contribution >= 0.6 is 0 Å². The Morgan fingerprint density at radius 3 is 2.71 bits per heavy atom. The summed E-state index contributed by atoms with van der Waals surface area (Å²) in [7, 11) is -2.19. The van der Waals surface area contributed by atoms with Gasteiger partial charge in [0.15, 0.2) is 8.32 Å². The zero-order chi connectivity index (χ0) is 21.3.